The predicted octanol–water partition coefficient (Wildman–Crippen LogP) is 1.01. The van der Waals surface area contributed by atoms with Crippen LogP contribution in [0.2, 0.25) is 0 Å². The summed E-state index contributed by atoms with van der Waals surface area (Å²) in [5, 5.41) is 2.76. The van der Waals surface area contributed by atoms with Gasteiger partial charge in [0.1, 0.15) is 6.61 Å². The highest BCUT2D eigenvalue weighted by molar-refractivity contribution is 7.80. The first-order valence-corrected chi connectivity index (χ1v) is 6.50. The zero-order valence-corrected chi connectivity index (χ0v) is 11.4. The lowest BCUT2D eigenvalue weighted by Crippen LogP contribution is -2.51. The summed E-state index contributed by atoms with van der Waals surface area (Å²) in [6, 6.07) is 6.92. The monoisotopic (exact) mass is 280 g/mol. The van der Waals surface area contributed by atoms with Crippen molar-refractivity contribution in [3.05, 3.63) is 24.3 Å². The van der Waals surface area contributed by atoms with Gasteiger partial charge in [-0.1, -0.05) is 31.3 Å². The maximum Gasteiger partial charge on any atom is 0.265 e. The van der Waals surface area contributed by atoms with Crippen molar-refractivity contribution in [2.45, 2.75) is 25.5 Å². The third kappa shape index (κ3) is 3.14. The van der Waals surface area contributed by atoms with E-state index in [0.717, 1.165) is 0 Å². The molecule has 102 valence electrons. The van der Waals surface area contributed by atoms with Gasteiger partial charge in [-0.3, -0.25) is 4.79 Å². The second-order valence-electron chi connectivity index (χ2n) is 4.24. The van der Waals surface area contributed by atoms with Crippen LogP contribution in [0.4, 0.5) is 0 Å². The predicted molar refractivity (Wildman–Crippen MR) is 75.4 cm³/mol. The molecular weight excluding hydrogens is 264 g/mol. The van der Waals surface area contributed by atoms with Gasteiger partial charge >= 0.3 is 0 Å². The summed E-state index contributed by atoms with van der Waals surface area (Å²) in [5.74, 6) is 0.944. The molecule has 0 aromatic heterocycles. The van der Waals surface area contributed by atoms with Gasteiger partial charge in [0.2, 0.25) is 6.10 Å². The first-order valence-electron chi connectivity index (χ1n) is 6.10. The van der Waals surface area contributed by atoms with Crippen LogP contribution in [0.5, 0.6) is 11.5 Å². The zero-order chi connectivity index (χ0) is 13.8. The molecule has 0 aliphatic carbocycles. The van der Waals surface area contributed by atoms with Gasteiger partial charge in [0.25, 0.3) is 5.91 Å². The van der Waals surface area contributed by atoms with Gasteiger partial charge in [0.15, 0.2) is 11.5 Å². The van der Waals surface area contributed by atoms with Crippen LogP contribution in [0.1, 0.15) is 13.3 Å². The molecule has 0 bridgehead atoms. The largest absolute Gasteiger partial charge is 0.485 e. The fourth-order valence-electron chi connectivity index (χ4n) is 1.79. The molecule has 2 unspecified atom stereocenters. The highest BCUT2D eigenvalue weighted by Crippen LogP contribution is 2.30. The van der Waals surface area contributed by atoms with Crippen LogP contribution < -0.4 is 20.5 Å². The van der Waals surface area contributed by atoms with E-state index in [0.29, 0.717) is 17.9 Å². The highest BCUT2D eigenvalue weighted by atomic mass is 32.1. The number of fused-ring (bicyclic) bond motifs is 1. The molecule has 1 amide bonds. The molecule has 5 nitrogen and oxygen atoms in total. The molecule has 1 aromatic carbocycles. The minimum Gasteiger partial charge on any atom is -0.485 e. The minimum atomic E-state index is -0.682. The van der Waals surface area contributed by atoms with Gasteiger partial charge in [-0.15, -0.1) is 0 Å². The topological polar surface area (TPSA) is 73.6 Å². The standard InChI is InChI=1S/C13H16N2O3S/c1-2-8(12(14)19)15-13(16)11-7-17-9-5-3-4-6-10(9)18-11/h3-6,8,11H,2,7H2,1H3,(H2,14,19)(H,15,16). The molecule has 2 rings (SSSR count). The maximum absolute atomic E-state index is 12.1. The van der Waals surface area contributed by atoms with E-state index in [4.69, 9.17) is 27.4 Å². The zero-order valence-electron chi connectivity index (χ0n) is 10.6. The lowest BCUT2D eigenvalue weighted by molar-refractivity contribution is -0.130. The number of carbonyl (C=O) groups is 1. The van der Waals surface area contributed by atoms with Gasteiger partial charge in [-0.05, 0) is 18.6 Å². The summed E-state index contributed by atoms with van der Waals surface area (Å²) in [7, 11) is 0. The lowest BCUT2D eigenvalue weighted by Gasteiger charge is -2.27. The summed E-state index contributed by atoms with van der Waals surface area (Å²) < 4.78 is 11.1. The fraction of sp³-hybridized carbons (Fsp3) is 0.385. The van der Waals surface area contributed by atoms with E-state index in [1.165, 1.54) is 0 Å². The SMILES string of the molecule is CCC(NC(=O)C1COc2ccccc2O1)C(N)=S. The second-order valence-corrected chi connectivity index (χ2v) is 4.71. The van der Waals surface area contributed by atoms with Crippen LogP contribution in [0.15, 0.2) is 24.3 Å². The number of hydrogen-bond acceptors (Lipinski definition) is 4. The molecule has 0 fully saturated rings. The molecule has 3 N–H and O–H groups in total. The van der Waals surface area contributed by atoms with Crippen molar-refractivity contribution in [2.24, 2.45) is 5.73 Å². The number of benzene rings is 1. The fourth-order valence-corrected chi connectivity index (χ4v) is 2.01. The second kappa shape index (κ2) is 5.88. The van der Waals surface area contributed by atoms with Crippen molar-refractivity contribution >= 4 is 23.1 Å². The van der Waals surface area contributed by atoms with Crippen LogP contribution >= 0.6 is 12.2 Å². The average Bonchev–Trinajstić information content (AvgIpc) is 2.43. The molecule has 0 spiro atoms. The van der Waals surface area contributed by atoms with E-state index >= 15 is 0 Å². The summed E-state index contributed by atoms with van der Waals surface area (Å²) >= 11 is 4.89. The molecule has 0 radical (unpaired) electrons. The third-order valence-electron chi connectivity index (χ3n) is 2.87. The Morgan fingerprint density at radius 2 is 2.21 bits per heavy atom. The van der Waals surface area contributed by atoms with Gasteiger partial charge in [0.05, 0.1) is 11.0 Å². The summed E-state index contributed by atoms with van der Waals surface area (Å²) in [4.78, 5) is 12.3. The van der Waals surface area contributed by atoms with Gasteiger partial charge in [0, 0.05) is 0 Å². The number of ether oxygens (including phenoxy) is 2. The van der Waals surface area contributed by atoms with E-state index in [1.54, 1.807) is 12.1 Å². The van der Waals surface area contributed by atoms with Crippen LogP contribution in [-0.4, -0.2) is 29.6 Å². The van der Waals surface area contributed by atoms with Gasteiger partial charge in [-0.2, -0.15) is 0 Å². The Balaban J connectivity index is 2.01. The van der Waals surface area contributed by atoms with Crippen LogP contribution in [0.3, 0.4) is 0 Å². The molecule has 1 heterocycles. The van der Waals surface area contributed by atoms with Crippen molar-refractivity contribution < 1.29 is 14.3 Å². The Morgan fingerprint density at radius 3 is 2.84 bits per heavy atom. The highest BCUT2D eigenvalue weighted by Gasteiger charge is 2.28. The van der Waals surface area contributed by atoms with Crippen molar-refractivity contribution in [3.63, 3.8) is 0 Å². The molecule has 1 aliphatic rings. The van der Waals surface area contributed by atoms with E-state index in [1.807, 2.05) is 19.1 Å². The number of thiocarbonyl (C=S) groups is 1. The Morgan fingerprint density at radius 1 is 1.53 bits per heavy atom. The van der Waals surface area contributed by atoms with Crippen LogP contribution in [0.25, 0.3) is 0 Å². The van der Waals surface area contributed by atoms with Crippen molar-refractivity contribution in [3.8, 4) is 11.5 Å². The maximum atomic E-state index is 12.1. The van der Waals surface area contributed by atoms with E-state index in [2.05, 4.69) is 5.32 Å². The van der Waals surface area contributed by atoms with Gasteiger partial charge < -0.3 is 20.5 Å². The van der Waals surface area contributed by atoms with Crippen molar-refractivity contribution in [2.75, 3.05) is 6.61 Å². The molecular formula is C13H16N2O3S. The third-order valence-corrected chi connectivity index (χ3v) is 3.15. The number of nitrogens with one attached hydrogen (secondary N) is 1. The lowest BCUT2D eigenvalue weighted by atomic mass is 10.2. The summed E-state index contributed by atoms with van der Waals surface area (Å²) in [6.45, 7) is 2.08. The quantitative estimate of drug-likeness (QED) is 0.805. The molecule has 1 aromatic rings. The smallest absolute Gasteiger partial charge is 0.265 e. The molecule has 1 aliphatic heterocycles. The summed E-state index contributed by atoms with van der Waals surface area (Å²) in [6.07, 6.45) is -0.0380. The first-order chi connectivity index (χ1) is 9.11. The molecule has 6 heteroatoms. The first kappa shape index (κ1) is 13.6. The van der Waals surface area contributed by atoms with E-state index in [-0.39, 0.29) is 23.5 Å². The number of para-hydroxylation sites is 2. The van der Waals surface area contributed by atoms with Crippen LogP contribution in [-0.2, 0) is 4.79 Å². The number of rotatable bonds is 4. The average molecular weight is 280 g/mol. The van der Waals surface area contributed by atoms with Crippen molar-refractivity contribution in [1.29, 1.82) is 0 Å². The Bertz CT molecular complexity index is 493. The summed E-state index contributed by atoms with van der Waals surface area (Å²) in [5.41, 5.74) is 5.55. The molecule has 0 saturated carbocycles. The van der Waals surface area contributed by atoms with E-state index < -0.39 is 6.10 Å². The Hall–Kier alpha value is -1.82. The minimum absolute atomic E-state index is 0.177. The molecule has 2 atom stereocenters. The van der Waals surface area contributed by atoms with Crippen LogP contribution in [0, 0.1) is 0 Å². The number of amides is 1. The number of hydrogen-bond donors (Lipinski definition) is 2. The molecule has 19 heavy (non-hydrogen) atoms. The van der Waals surface area contributed by atoms with Gasteiger partial charge in [-0.25, -0.2) is 0 Å². The Labute approximate surface area is 117 Å². The normalized spacial score (nSPS) is 18.5. The number of carbonyl (C=O) groups excluding carboxylic acids is 1. The van der Waals surface area contributed by atoms with E-state index in [9.17, 15) is 4.79 Å². The Kier molecular flexibility index (Phi) is 4.21. The molecule has 0 saturated heterocycles. The van der Waals surface area contributed by atoms with Crippen molar-refractivity contribution in [1.82, 2.24) is 5.32 Å². The number of nitrogens with two attached hydrogens (primary N) is 1.